The Bertz CT molecular complexity index is 1560. The summed E-state index contributed by atoms with van der Waals surface area (Å²) < 4.78 is 20.8. The lowest BCUT2D eigenvalue weighted by Crippen LogP contribution is -2.23. The van der Waals surface area contributed by atoms with Crippen molar-refractivity contribution in [2.75, 3.05) is 11.9 Å². The monoisotopic (exact) mass is 445 g/mol. The molecule has 1 amide bonds. The number of hydrogen-bond acceptors (Lipinski definition) is 5. The van der Waals surface area contributed by atoms with Gasteiger partial charge in [-0.1, -0.05) is 41.7 Å². The van der Waals surface area contributed by atoms with Gasteiger partial charge in [0.15, 0.2) is 11.6 Å². The fourth-order valence-corrected chi connectivity index (χ4v) is 4.34. The molecule has 0 saturated carbocycles. The largest absolute Gasteiger partial charge is 0.483 e. The third-order valence-electron chi connectivity index (χ3n) is 4.84. The highest BCUT2D eigenvalue weighted by molar-refractivity contribution is 7.15. The number of thiazole rings is 1. The first kappa shape index (κ1) is 19.9. The summed E-state index contributed by atoms with van der Waals surface area (Å²) >= 11 is 1.30. The first-order valence-corrected chi connectivity index (χ1v) is 10.6. The first-order chi connectivity index (χ1) is 15.6. The van der Waals surface area contributed by atoms with E-state index in [-0.39, 0.29) is 23.9 Å². The Labute approximate surface area is 185 Å². The Hall–Kier alpha value is -4.04. The number of ether oxygens (including phenoxy) is 1. The van der Waals surface area contributed by atoms with Crippen molar-refractivity contribution in [1.29, 1.82) is 0 Å². The molecule has 0 fully saturated rings. The van der Waals surface area contributed by atoms with E-state index in [0.717, 1.165) is 11.0 Å². The Morgan fingerprint density at radius 1 is 1.06 bits per heavy atom. The molecule has 1 N–H and O–H groups in total. The summed E-state index contributed by atoms with van der Waals surface area (Å²) in [6.07, 6.45) is 1.74. The van der Waals surface area contributed by atoms with Crippen molar-refractivity contribution in [3.05, 3.63) is 99.1 Å². The number of imidazole rings is 1. The number of aromatic nitrogens is 2. The highest BCUT2D eigenvalue weighted by Crippen LogP contribution is 2.20. The van der Waals surface area contributed by atoms with E-state index in [4.69, 9.17) is 4.74 Å². The van der Waals surface area contributed by atoms with Crippen molar-refractivity contribution in [1.82, 2.24) is 9.38 Å². The normalized spacial score (nSPS) is 11.8. The topological polar surface area (TPSA) is 72.7 Å². The molecule has 6 nitrogen and oxygen atoms in total. The van der Waals surface area contributed by atoms with Crippen LogP contribution in [-0.2, 0) is 4.79 Å². The number of anilines is 1. The standard InChI is InChI=1S/C24H16FN3O3S/c25-16-9-11-17(12-10-16)26-22(29)14-31-20-8-4-1-5-15(20)13-21-23(30)28-19-7-3-2-6-18(19)27-24(28)32-21/h1-13H,14H2,(H,26,29)/b21-13-. The average Bonchev–Trinajstić information content (AvgIpc) is 3.31. The van der Waals surface area contributed by atoms with Crippen LogP contribution in [0.3, 0.4) is 0 Å². The number of amides is 1. The molecular weight excluding hydrogens is 429 g/mol. The molecule has 0 atom stereocenters. The molecule has 0 radical (unpaired) electrons. The molecule has 8 heteroatoms. The van der Waals surface area contributed by atoms with Crippen LogP contribution in [0.5, 0.6) is 5.75 Å². The maximum atomic E-state index is 13.0. The van der Waals surface area contributed by atoms with Crippen molar-refractivity contribution < 1.29 is 13.9 Å². The van der Waals surface area contributed by atoms with Crippen LogP contribution in [0.4, 0.5) is 10.1 Å². The first-order valence-electron chi connectivity index (χ1n) is 9.77. The minimum atomic E-state index is -0.379. The minimum Gasteiger partial charge on any atom is -0.483 e. The predicted octanol–water partition coefficient (Wildman–Crippen LogP) is 3.61. The number of carbonyl (C=O) groups is 1. The van der Waals surface area contributed by atoms with Gasteiger partial charge in [0.25, 0.3) is 11.5 Å². The molecule has 0 bridgehead atoms. The highest BCUT2D eigenvalue weighted by atomic mass is 32.1. The molecule has 3 aromatic carbocycles. The average molecular weight is 445 g/mol. The molecule has 0 saturated heterocycles. The maximum Gasteiger partial charge on any atom is 0.274 e. The number of hydrogen-bond donors (Lipinski definition) is 1. The summed E-state index contributed by atoms with van der Waals surface area (Å²) in [5.74, 6) is -0.287. The molecule has 5 aromatic rings. The smallest absolute Gasteiger partial charge is 0.274 e. The van der Waals surface area contributed by atoms with Gasteiger partial charge in [0, 0.05) is 11.3 Å². The zero-order chi connectivity index (χ0) is 22.1. The molecule has 0 aliphatic carbocycles. The lowest BCUT2D eigenvalue weighted by Gasteiger charge is -2.09. The third-order valence-corrected chi connectivity index (χ3v) is 5.81. The van der Waals surface area contributed by atoms with Gasteiger partial charge in [0.2, 0.25) is 0 Å². The van der Waals surface area contributed by atoms with E-state index in [0.29, 0.717) is 26.5 Å². The molecule has 32 heavy (non-hydrogen) atoms. The second kappa shape index (κ2) is 8.24. The maximum absolute atomic E-state index is 13.0. The summed E-state index contributed by atoms with van der Waals surface area (Å²) in [6.45, 7) is -0.231. The van der Waals surface area contributed by atoms with Crippen LogP contribution < -0.4 is 20.1 Å². The number of rotatable bonds is 5. The van der Waals surface area contributed by atoms with Crippen molar-refractivity contribution >= 4 is 45.0 Å². The van der Waals surface area contributed by atoms with Gasteiger partial charge in [-0.15, -0.1) is 0 Å². The molecule has 0 spiro atoms. The molecule has 0 aliphatic rings. The van der Waals surface area contributed by atoms with Crippen LogP contribution in [0.1, 0.15) is 5.56 Å². The van der Waals surface area contributed by atoms with Crippen LogP contribution in [0.2, 0.25) is 0 Å². The minimum absolute atomic E-state index is 0.150. The summed E-state index contributed by atoms with van der Waals surface area (Å²) in [5, 5.41) is 2.65. The zero-order valence-corrected chi connectivity index (χ0v) is 17.4. The van der Waals surface area contributed by atoms with Gasteiger partial charge in [-0.05, 0) is 48.5 Å². The van der Waals surface area contributed by atoms with Gasteiger partial charge in [-0.25, -0.2) is 13.8 Å². The Kier molecular flexibility index (Phi) is 5.12. The van der Waals surface area contributed by atoms with Crippen LogP contribution in [0, 0.1) is 5.82 Å². The van der Waals surface area contributed by atoms with E-state index >= 15 is 0 Å². The Morgan fingerprint density at radius 3 is 2.66 bits per heavy atom. The van der Waals surface area contributed by atoms with Crippen LogP contribution >= 0.6 is 11.3 Å². The van der Waals surface area contributed by atoms with Crippen LogP contribution in [0.15, 0.2) is 77.6 Å². The van der Waals surface area contributed by atoms with Gasteiger partial charge in [-0.3, -0.25) is 9.59 Å². The molecule has 158 valence electrons. The van der Waals surface area contributed by atoms with E-state index in [9.17, 15) is 14.0 Å². The second-order valence-corrected chi connectivity index (χ2v) is 8.02. The van der Waals surface area contributed by atoms with Crippen molar-refractivity contribution in [2.24, 2.45) is 0 Å². The zero-order valence-electron chi connectivity index (χ0n) is 16.6. The van der Waals surface area contributed by atoms with Gasteiger partial charge in [0.1, 0.15) is 11.6 Å². The third kappa shape index (κ3) is 3.83. The van der Waals surface area contributed by atoms with Gasteiger partial charge in [0.05, 0.1) is 15.6 Å². The second-order valence-electron chi connectivity index (χ2n) is 7.02. The van der Waals surface area contributed by atoms with E-state index < -0.39 is 0 Å². The Morgan fingerprint density at radius 2 is 1.81 bits per heavy atom. The van der Waals surface area contributed by atoms with Crippen molar-refractivity contribution in [2.45, 2.75) is 0 Å². The van der Waals surface area contributed by atoms with Crippen LogP contribution in [0.25, 0.3) is 22.1 Å². The summed E-state index contributed by atoms with van der Waals surface area (Å²) in [4.78, 5) is 30.3. The lowest BCUT2D eigenvalue weighted by molar-refractivity contribution is -0.118. The number of nitrogens with one attached hydrogen (secondary N) is 1. The number of halogens is 1. The number of carbonyl (C=O) groups excluding carboxylic acids is 1. The van der Waals surface area contributed by atoms with Crippen LogP contribution in [-0.4, -0.2) is 21.9 Å². The number of nitrogens with zero attached hydrogens (tertiary/aromatic N) is 2. The fraction of sp³-hybridized carbons (Fsp3) is 0.0417. The highest BCUT2D eigenvalue weighted by Gasteiger charge is 2.12. The van der Waals surface area contributed by atoms with Crippen molar-refractivity contribution in [3.63, 3.8) is 0 Å². The Balaban J connectivity index is 1.40. The van der Waals surface area contributed by atoms with Crippen molar-refractivity contribution in [3.8, 4) is 5.75 Å². The number of para-hydroxylation sites is 3. The van der Waals surface area contributed by atoms with E-state index in [1.807, 2.05) is 36.4 Å². The van der Waals surface area contributed by atoms with E-state index in [1.54, 1.807) is 22.6 Å². The summed E-state index contributed by atoms with van der Waals surface area (Å²) in [6, 6.07) is 20.1. The summed E-state index contributed by atoms with van der Waals surface area (Å²) in [7, 11) is 0. The molecule has 0 unspecified atom stereocenters. The van der Waals surface area contributed by atoms with E-state index in [1.165, 1.54) is 35.6 Å². The molecule has 5 rings (SSSR count). The molecule has 2 aromatic heterocycles. The molecule has 2 heterocycles. The quantitative estimate of drug-likeness (QED) is 0.449. The number of fused-ring (bicyclic) bond motifs is 3. The SMILES string of the molecule is O=C(COc1ccccc1/C=c1\sc2nc3ccccc3n2c1=O)Nc1ccc(F)cc1. The van der Waals surface area contributed by atoms with Gasteiger partial charge < -0.3 is 10.1 Å². The fourth-order valence-electron chi connectivity index (χ4n) is 3.36. The molecular formula is C24H16FN3O3S. The van der Waals surface area contributed by atoms with E-state index in [2.05, 4.69) is 10.3 Å². The number of benzene rings is 3. The molecule has 0 aliphatic heterocycles. The predicted molar refractivity (Wildman–Crippen MR) is 123 cm³/mol. The van der Waals surface area contributed by atoms with Gasteiger partial charge in [-0.2, -0.15) is 0 Å². The lowest BCUT2D eigenvalue weighted by atomic mass is 10.2. The summed E-state index contributed by atoms with van der Waals surface area (Å²) in [5.41, 5.74) is 2.55. The van der Waals surface area contributed by atoms with Gasteiger partial charge >= 0.3 is 0 Å².